The third kappa shape index (κ3) is 5.14. The number of nitrogens with zero attached hydrogens (tertiary/aromatic N) is 2. The zero-order valence-corrected chi connectivity index (χ0v) is 21.4. The SMILES string of the molecule is C=CCOC(=O)C1=C(C)N=c2s/c(=C/c3ccccc3F)c(=O)n2C1c1ccc(OC(=O)c2ccco2)cc1. The highest BCUT2D eigenvalue weighted by atomic mass is 32.1. The van der Waals surface area contributed by atoms with Crippen LogP contribution in [0.3, 0.4) is 0 Å². The summed E-state index contributed by atoms with van der Waals surface area (Å²) in [6, 6.07) is 14.7. The number of rotatable bonds is 7. The third-order valence-electron chi connectivity index (χ3n) is 5.89. The first-order chi connectivity index (χ1) is 18.9. The van der Waals surface area contributed by atoms with Gasteiger partial charge in [0.05, 0.1) is 28.1 Å². The Kier molecular flexibility index (Phi) is 7.20. The van der Waals surface area contributed by atoms with Gasteiger partial charge in [0, 0.05) is 5.56 Å². The average Bonchev–Trinajstić information content (AvgIpc) is 3.57. The van der Waals surface area contributed by atoms with Gasteiger partial charge in [-0.05, 0) is 48.9 Å². The van der Waals surface area contributed by atoms with E-state index < -0.39 is 29.4 Å². The molecule has 8 nitrogen and oxygen atoms in total. The van der Waals surface area contributed by atoms with Gasteiger partial charge in [-0.3, -0.25) is 9.36 Å². The summed E-state index contributed by atoms with van der Waals surface area (Å²) < 4.78 is 31.7. The van der Waals surface area contributed by atoms with Crippen LogP contribution in [0.4, 0.5) is 4.39 Å². The minimum Gasteiger partial charge on any atom is -0.458 e. The molecule has 2 aromatic heterocycles. The summed E-state index contributed by atoms with van der Waals surface area (Å²) in [6.07, 6.45) is 4.26. The van der Waals surface area contributed by atoms with Gasteiger partial charge in [-0.25, -0.2) is 19.0 Å². The number of benzene rings is 2. The van der Waals surface area contributed by atoms with Crippen LogP contribution in [0.15, 0.2) is 105 Å². The maximum absolute atomic E-state index is 14.3. The Hall–Kier alpha value is -4.83. The lowest BCUT2D eigenvalue weighted by molar-refractivity contribution is -0.138. The summed E-state index contributed by atoms with van der Waals surface area (Å²) in [4.78, 5) is 43.9. The van der Waals surface area contributed by atoms with Gasteiger partial charge in [0.15, 0.2) is 4.80 Å². The largest absolute Gasteiger partial charge is 0.458 e. The van der Waals surface area contributed by atoms with Gasteiger partial charge >= 0.3 is 11.9 Å². The molecule has 1 unspecified atom stereocenters. The molecule has 0 amide bonds. The predicted molar refractivity (Wildman–Crippen MR) is 141 cm³/mol. The summed E-state index contributed by atoms with van der Waals surface area (Å²) in [5.41, 5.74) is 0.902. The third-order valence-corrected chi connectivity index (χ3v) is 6.88. The topological polar surface area (TPSA) is 100 Å². The maximum atomic E-state index is 14.3. The predicted octanol–water partition coefficient (Wildman–Crippen LogP) is 3.92. The van der Waals surface area contributed by atoms with Crippen LogP contribution in [0.25, 0.3) is 6.08 Å². The van der Waals surface area contributed by atoms with E-state index in [0.29, 0.717) is 16.1 Å². The number of hydrogen-bond donors (Lipinski definition) is 0. The number of thiazole rings is 1. The number of ether oxygens (including phenoxy) is 2. The van der Waals surface area contributed by atoms with E-state index in [9.17, 15) is 18.8 Å². The second kappa shape index (κ2) is 10.9. The Morgan fingerprint density at radius 2 is 1.90 bits per heavy atom. The minimum absolute atomic E-state index is 0.0261. The van der Waals surface area contributed by atoms with Crippen molar-refractivity contribution in [1.29, 1.82) is 0 Å². The molecule has 3 heterocycles. The van der Waals surface area contributed by atoms with Crippen molar-refractivity contribution < 1.29 is 27.9 Å². The lowest BCUT2D eigenvalue weighted by Gasteiger charge is -2.24. The van der Waals surface area contributed by atoms with Crippen molar-refractivity contribution in [1.82, 2.24) is 4.57 Å². The van der Waals surface area contributed by atoms with Crippen LogP contribution in [-0.4, -0.2) is 23.1 Å². The molecule has 5 rings (SSSR count). The highest BCUT2D eigenvalue weighted by Crippen LogP contribution is 2.31. The molecule has 1 aliphatic rings. The quantitative estimate of drug-likeness (QED) is 0.199. The second-order valence-corrected chi connectivity index (χ2v) is 9.44. The molecule has 10 heteroatoms. The number of fused-ring (bicyclic) bond motifs is 1. The molecule has 0 fully saturated rings. The highest BCUT2D eigenvalue weighted by molar-refractivity contribution is 7.07. The van der Waals surface area contributed by atoms with Crippen LogP contribution < -0.4 is 19.6 Å². The van der Waals surface area contributed by atoms with Crippen LogP contribution in [0.1, 0.15) is 34.6 Å². The van der Waals surface area contributed by atoms with Gasteiger partial charge in [0.2, 0.25) is 5.76 Å². The van der Waals surface area contributed by atoms with Crippen LogP contribution in [-0.2, 0) is 9.53 Å². The van der Waals surface area contributed by atoms with E-state index in [-0.39, 0.29) is 33.8 Å². The lowest BCUT2D eigenvalue weighted by atomic mass is 9.96. The van der Waals surface area contributed by atoms with Crippen molar-refractivity contribution in [2.75, 3.05) is 6.61 Å². The van der Waals surface area contributed by atoms with Crippen molar-refractivity contribution in [3.63, 3.8) is 0 Å². The number of allylic oxidation sites excluding steroid dienone is 1. The molecule has 4 aromatic rings. The molecule has 0 aliphatic carbocycles. The fraction of sp³-hybridized carbons (Fsp3) is 0.103. The first kappa shape index (κ1) is 25.8. The fourth-order valence-electron chi connectivity index (χ4n) is 4.11. The zero-order chi connectivity index (χ0) is 27.5. The summed E-state index contributed by atoms with van der Waals surface area (Å²) in [5.74, 6) is -1.50. The van der Waals surface area contributed by atoms with Crippen molar-refractivity contribution in [3.05, 3.63) is 133 Å². The summed E-state index contributed by atoms with van der Waals surface area (Å²) in [7, 11) is 0. The van der Waals surface area contributed by atoms with Crippen LogP contribution >= 0.6 is 11.3 Å². The molecule has 0 saturated carbocycles. The lowest BCUT2D eigenvalue weighted by Crippen LogP contribution is -2.40. The smallest absolute Gasteiger partial charge is 0.379 e. The molecule has 0 spiro atoms. The number of hydrogen-bond acceptors (Lipinski definition) is 8. The standard InChI is InChI=1S/C29H21FN2O6S/c1-3-14-37-28(35)24-17(2)31-29-32(26(33)23(39-29)16-19-7-4-5-8-21(19)30)25(24)18-10-12-20(13-11-18)38-27(34)22-9-6-15-36-22/h3-13,15-16,25H,1,14H2,2H3/b23-16+. The van der Waals surface area contributed by atoms with Crippen LogP contribution in [0.5, 0.6) is 5.75 Å². The maximum Gasteiger partial charge on any atom is 0.379 e. The van der Waals surface area contributed by atoms with E-state index in [1.54, 1.807) is 55.5 Å². The first-order valence-corrected chi connectivity index (χ1v) is 12.6. The van der Waals surface area contributed by atoms with E-state index in [2.05, 4.69) is 11.6 Å². The highest BCUT2D eigenvalue weighted by Gasteiger charge is 2.33. The normalized spacial score (nSPS) is 14.9. The molecular weight excluding hydrogens is 523 g/mol. The number of furan rings is 1. The van der Waals surface area contributed by atoms with Crippen LogP contribution in [0.2, 0.25) is 0 Å². The number of carbonyl (C=O) groups is 2. The Morgan fingerprint density at radius 1 is 1.13 bits per heavy atom. The molecule has 39 heavy (non-hydrogen) atoms. The Balaban J connectivity index is 1.60. The molecule has 0 N–H and O–H groups in total. The van der Waals surface area contributed by atoms with Crippen molar-refractivity contribution in [2.24, 2.45) is 4.99 Å². The van der Waals surface area contributed by atoms with Crippen molar-refractivity contribution >= 4 is 29.4 Å². The van der Waals surface area contributed by atoms with E-state index in [1.807, 2.05) is 0 Å². The van der Waals surface area contributed by atoms with Gasteiger partial charge < -0.3 is 13.9 Å². The van der Waals surface area contributed by atoms with Crippen molar-refractivity contribution in [2.45, 2.75) is 13.0 Å². The summed E-state index contributed by atoms with van der Waals surface area (Å²) >= 11 is 1.09. The van der Waals surface area contributed by atoms with Crippen molar-refractivity contribution in [3.8, 4) is 5.75 Å². The van der Waals surface area contributed by atoms with E-state index in [1.165, 1.54) is 35.1 Å². The monoisotopic (exact) mass is 544 g/mol. The molecule has 0 bridgehead atoms. The molecule has 2 aromatic carbocycles. The van der Waals surface area contributed by atoms with Crippen LogP contribution in [0, 0.1) is 5.82 Å². The first-order valence-electron chi connectivity index (χ1n) is 11.8. The van der Waals surface area contributed by atoms with Gasteiger partial charge in [0.1, 0.15) is 18.2 Å². The number of halogens is 1. The Labute approximate surface area is 225 Å². The molecule has 196 valence electrons. The summed E-state index contributed by atoms with van der Waals surface area (Å²) in [6.45, 7) is 5.20. The van der Waals surface area contributed by atoms with Gasteiger partial charge in [-0.2, -0.15) is 0 Å². The molecule has 0 radical (unpaired) electrons. The van der Waals surface area contributed by atoms with E-state index >= 15 is 0 Å². The fourth-order valence-corrected chi connectivity index (χ4v) is 5.15. The minimum atomic E-state index is -0.892. The molecule has 0 saturated heterocycles. The Bertz CT molecular complexity index is 1780. The average molecular weight is 545 g/mol. The van der Waals surface area contributed by atoms with E-state index in [0.717, 1.165) is 11.3 Å². The van der Waals surface area contributed by atoms with Gasteiger partial charge in [0.25, 0.3) is 5.56 Å². The summed E-state index contributed by atoms with van der Waals surface area (Å²) in [5, 5.41) is 0. The molecule has 1 aliphatic heterocycles. The number of carbonyl (C=O) groups excluding carboxylic acids is 2. The number of esters is 2. The Morgan fingerprint density at radius 3 is 2.59 bits per heavy atom. The van der Waals surface area contributed by atoms with E-state index in [4.69, 9.17) is 13.9 Å². The van der Waals surface area contributed by atoms with Gasteiger partial charge in [-0.1, -0.05) is 54.3 Å². The zero-order valence-electron chi connectivity index (χ0n) is 20.6. The molecule has 1 atom stereocenters. The molecular formula is C29H21FN2O6S. The van der Waals surface area contributed by atoms with Gasteiger partial charge in [-0.15, -0.1) is 0 Å². The second-order valence-electron chi connectivity index (χ2n) is 8.43. The number of aromatic nitrogens is 1.